The molecule has 0 aliphatic heterocycles. The molecule has 0 spiro atoms. The van der Waals surface area contributed by atoms with Crippen LogP contribution in [-0.4, -0.2) is 5.78 Å². The Kier molecular flexibility index (Phi) is 4.45. The monoisotopic (exact) mass is 351 g/mol. The van der Waals surface area contributed by atoms with E-state index in [0.29, 0.717) is 0 Å². The summed E-state index contributed by atoms with van der Waals surface area (Å²) < 4.78 is 13.1. The number of halogens is 5. The van der Waals surface area contributed by atoms with Gasteiger partial charge in [-0.05, 0) is 24.3 Å². The standard InChI is InChI=1S/C13H6Cl4FNO/c14-6-4-7(15)11(16)12(17)10(6)13(20)5-1-2-8(18)9(19)3-5/h1-4H,19H2. The number of ketones is 1. The fraction of sp³-hybridized carbons (Fsp3) is 0. The molecule has 0 saturated heterocycles. The summed E-state index contributed by atoms with van der Waals surface area (Å²) in [5.74, 6) is -1.14. The summed E-state index contributed by atoms with van der Waals surface area (Å²) in [4.78, 5) is 12.4. The summed E-state index contributed by atoms with van der Waals surface area (Å²) in [7, 11) is 0. The highest BCUT2D eigenvalue weighted by Gasteiger charge is 2.21. The van der Waals surface area contributed by atoms with Crippen LogP contribution in [0.5, 0.6) is 0 Å². The largest absolute Gasteiger partial charge is 0.396 e. The minimum Gasteiger partial charge on any atom is -0.396 e. The Hall–Kier alpha value is -1.00. The normalized spacial score (nSPS) is 10.7. The summed E-state index contributed by atoms with van der Waals surface area (Å²) >= 11 is 23.7. The summed E-state index contributed by atoms with van der Waals surface area (Å²) in [6.07, 6.45) is 0. The van der Waals surface area contributed by atoms with Crippen LogP contribution in [0.3, 0.4) is 0 Å². The molecule has 0 aromatic heterocycles. The van der Waals surface area contributed by atoms with Crippen molar-refractivity contribution in [2.24, 2.45) is 0 Å². The first-order valence-corrected chi connectivity index (χ1v) is 6.76. The van der Waals surface area contributed by atoms with Crippen LogP contribution >= 0.6 is 46.4 Å². The first-order chi connectivity index (χ1) is 9.32. The Morgan fingerprint density at radius 2 is 1.65 bits per heavy atom. The highest BCUT2D eigenvalue weighted by atomic mass is 35.5. The van der Waals surface area contributed by atoms with E-state index in [9.17, 15) is 9.18 Å². The second kappa shape index (κ2) is 5.78. The fourth-order valence-electron chi connectivity index (χ4n) is 1.60. The van der Waals surface area contributed by atoms with E-state index in [2.05, 4.69) is 0 Å². The van der Waals surface area contributed by atoms with Crippen LogP contribution in [0.1, 0.15) is 15.9 Å². The number of rotatable bonds is 2. The highest BCUT2D eigenvalue weighted by Crippen LogP contribution is 2.38. The van der Waals surface area contributed by atoms with E-state index in [4.69, 9.17) is 52.1 Å². The van der Waals surface area contributed by atoms with Crippen molar-refractivity contribution in [2.75, 3.05) is 5.73 Å². The molecule has 0 amide bonds. The maximum Gasteiger partial charge on any atom is 0.196 e. The predicted molar refractivity (Wildman–Crippen MR) is 80.7 cm³/mol. The lowest BCUT2D eigenvalue weighted by Gasteiger charge is -2.10. The quantitative estimate of drug-likeness (QED) is 0.347. The van der Waals surface area contributed by atoms with Crippen LogP contribution in [0.15, 0.2) is 24.3 Å². The molecule has 20 heavy (non-hydrogen) atoms. The van der Waals surface area contributed by atoms with Gasteiger partial charge in [0, 0.05) is 5.56 Å². The molecule has 0 unspecified atom stereocenters. The first-order valence-electron chi connectivity index (χ1n) is 5.25. The zero-order valence-corrected chi connectivity index (χ0v) is 12.7. The number of nitrogens with two attached hydrogens (primary N) is 1. The summed E-state index contributed by atoms with van der Waals surface area (Å²) in [5.41, 5.74) is 5.42. The van der Waals surface area contributed by atoms with Crippen LogP contribution in [0, 0.1) is 5.82 Å². The Morgan fingerprint density at radius 1 is 1.00 bits per heavy atom. The summed E-state index contributed by atoms with van der Waals surface area (Å²) in [6, 6.07) is 4.88. The second-order valence-corrected chi connectivity index (χ2v) is 5.48. The molecule has 104 valence electrons. The maximum absolute atomic E-state index is 13.1. The average Bonchev–Trinajstić information content (AvgIpc) is 2.39. The van der Waals surface area contributed by atoms with Gasteiger partial charge in [-0.3, -0.25) is 4.79 Å². The molecular formula is C13H6Cl4FNO. The molecule has 0 atom stereocenters. The molecule has 2 rings (SSSR count). The van der Waals surface area contributed by atoms with Gasteiger partial charge < -0.3 is 5.73 Å². The van der Waals surface area contributed by atoms with E-state index >= 15 is 0 Å². The van der Waals surface area contributed by atoms with E-state index < -0.39 is 11.6 Å². The Morgan fingerprint density at radius 3 is 2.25 bits per heavy atom. The van der Waals surface area contributed by atoms with E-state index in [1.807, 2.05) is 0 Å². The predicted octanol–water partition coefficient (Wildman–Crippen LogP) is 5.25. The van der Waals surface area contributed by atoms with E-state index in [-0.39, 0.29) is 36.9 Å². The Balaban J connectivity index is 2.59. The van der Waals surface area contributed by atoms with Gasteiger partial charge in [0.1, 0.15) is 5.82 Å². The minimum absolute atomic E-state index is 0.00579. The second-order valence-electron chi connectivity index (χ2n) is 3.91. The first kappa shape index (κ1) is 15.4. The van der Waals surface area contributed by atoms with Crippen molar-refractivity contribution in [1.29, 1.82) is 0 Å². The van der Waals surface area contributed by atoms with Gasteiger partial charge in [-0.2, -0.15) is 0 Å². The van der Waals surface area contributed by atoms with Gasteiger partial charge in [0.2, 0.25) is 0 Å². The lowest BCUT2D eigenvalue weighted by molar-refractivity contribution is 0.103. The molecule has 0 aliphatic carbocycles. The van der Waals surface area contributed by atoms with Gasteiger partial charge in [-0.15, -0.1) is 0 Å². The van der Waals surface area contributed by atoms with E-state index in [0.717, 1.165) is 6.07 Å². The molecular weight excluding hydrogens is 347 g/mol. The van der Waals surface area contributed by atoms with Crippen LogP contribution in [0.2, 0.25) is 20.1 Å². The van der Waals surface area contributed by atoms with Crippen molar-refractivity contribution in [1.82, 2.24) is 0 Å². The fourth-order valence-corrected chi connectivity index (χ4v) is 2.69. The third kappa shape index (κ3) is 2.72. The number of carbonyl (C=O) groups excluding carboxylic acids is 1. The number of nitrogen functional groups attached to an aromatic ring is 1. The van der Waals surface area contributed by atoms with Crippen LogP contribution in [0.25, 0.3) is 0 Å². The molecule has 0 bridgehead atoms. The SMILES string of the molecule is Nc1cc(C(=O)c2c(Cl)cc(Cl)c(Cl)c2Cl)ccc1F. The van der Waals surface area contributed by atoms with Gasteiger partial charge in [-0.1, -0.05) is 46.4 Å². The van der Waals surface area contributed by atoms with E-state index in [1.54, 1.807) is 0 Å². The lowest BCUT2D eigenvalue weighted by Crippen LogP contribution is -2.05. The van der Waals surface area contributed by atoms with Crippen LogP contribution in [0.4, 0.5) is 10.1 Å². The van der Waals surface area contributed by atoms with Crippen LogP contribution < -0.4 is 5.73 Å². The minimum atomic E-state index is -0.618. The number of carbonyl (C=O) groups is 1. The van der Waals surface area contributed by atoms with Crippen molar-refractivity contribution < 1.29 is 9.18 Å². The average molecular weight is 353 g/mol. The van der Waals surface area contributed by atoms with Gasteiger partial charge in [0.25, 0.3) is 0 Å². The number of hydrogen-bond acceptors (Lipinski definition) is 2. The molecule has 0 aliphatic rings. The third-order valence-electron chi connectivity index (χ3n) is 2.60. The summed E-state index contributed by atoms with van der Waals surface area (Å²) in [5, 5.41) is 0.155. The third-order valence-corrected chi connectivity index (χ3v) is 4.16. The van der Waals surface area contributed by atoms with E-state index in [1.165, 1.54) is 18.2 Å². The van der Waals surface area contributed by atoms with Crippen molar-refractivity contribution in [3.05, 3.63) is 61.3 Å². The zero-order valence-electron chi connectivity index (χ0n) is 9.68. The number of benzene rings is 2. The van der Waals surface area contributed by atoms with Crippen molar-refractivity contribution in [3.63, 3.8) is 0 Å². The summed E-state index contributed by atoms with van der Waals surface area (Å²) in [6.45, 7) is 0. The molecule has 2 aromatic carbocycles. The van der Waals surface area contributed by atoms with Gasteiger partial charge >= 0.3 is 0 Å². The molecule has 2 nitrogen and oxygen atoms in total. The lowest BCUT2D eigenvalue weighted by atomic mass is 10.0. The molecule has 0 fully saturated rings. The molecule has 2 N–H and O–H groups in total. The molecule has 2 aromatic rings. The molecule has 0 heterocycles. The van der Waals surface area contributed by atoms with Gasteiger partial charge in [-0.25, -0.2) is 4.39 Å². The Labute approximate surface area is 134 Å². The van der Waals surface area contributed by atoms with Gasteiger partial charge in [0.05, 0.1) is 31.3 Å². The maximum atomic E-state index is 13.1. The van der Waals surface area contributed by atoms with Crippen molar-refractivity contribution >= 4 is 57.9 Å². The number of hydrogen-bond donors (Lipinski definition) is 1. The Bertz CT molecular complexity index is 718. The molecule has 7 heteroatoms. The topological polar surface area (TPSA) is 43.1 Å². The number of anilines is 1. The highest BCUT2D eigenvalue weighted by molar-refractivity contribution is 6.51. The zero-order chi connectivity index (χ0) is 15.0. The van der Waals surface area contributed by atoms with Crippen molar-refractivity contribution in [2.45, 2.75) is 0 Å². The van der Waals surface area contributed by atoms with Crippen molar-refractivity contribution in [3.8, 4) is 0 Å². The molecule has 0 radical (unpaired) electrons. The van der Waals surface area contributed by atoms with Gasteiger partial charge in [0.15, 0.2) is 5.78 Å². The smallest absolute Gasteiger partial charge is 0.196 e. The van der Waals surface area contributed by atoms with Crippen LogP contribution in [-0.2, 0) is 0 Å². The molecule has 0 saturated carbocycles.